The number of aromatic nitrogens is 1. The number of benzene rings is 2. The van der Waals surface area contributed by atoms with E-state index in [9.17, 15) is 23.6 Å². The Morgan fingerprint density at radius 1 is 1.17 bits per heavy atom. The first kappa shape index (κ1) is 20.4. The van der Waals surface area contributed by atoms with Crippen LogP contribution in [0.1, 0.15) is 6.92 Å². The number of azo groups is 1. The van der Waals surface area contributed by atoms with Gasteiger partial charge in [-0.15, -0.1) is 10.2 Å². The van der Waals surface area contributed by atoms with Crippen molar-refractivity contribution >= 4 is 38.0 Å². The van der Waals surface area contributed by atoms with Crippen LogP contribution in [0.2, 0.25) is 0 Å². The average molecular weight is 417 g/mol. The second-order valence-electron chi connectivity index (χ2n) is 6.33. The number of hydrogen-bond acceptors (Lipinski definition) is 7. The van der Waals surface area contributed by atoms with E-state index in [-0.39, 0.29) is 27.8 Å². The van der Waals surface area contributed by atoms with Crippen molar-refractivity contribution in [2.24, 2.45) is 10.2 Å². The zero-order valence-electron chi connectivity index (χ0n) is 16.0. The van der Waals surface area contributed by atoms with Gasteiger partial charge in [-0.3, -0.25) is 10.1 Å². The molecule has 0 bridgehead atoms. The van der Waals surface area contributed by atoms with Gasteiger partial charge in [-0.25, -0.2) is 12.7 Å². The molecule has 0 saturated heterocycles. The molecule has 2 aromatic carbocycles. The lowest BCUT2D eigenvalue weighted by atomic mass is 10.2. The van der Waals surface area contributed by atoms with Gasteiger partial charge in [0.15, 0.2) is 11.4 Å². The summed E-state index contributed by atoms with van der Waals surface area (Å²) in [6.07, 6.45) is 0. The fourth-order valence-corrected chi connectivity index (χ4v) is 3.83. The van der Waals surface area contributed by atoms with Gasteiger partial charge in [-0.1, -0.05) is 12.1 Å². The van der Waals surface area contributed by atoms with Crippen molar-refractivity contribution in [1.29, 1.82) is 0 Å². The van der Waals surface area contributed by atoms with Crippen LogP contribution in [0.4, 0.5) is 17.1 Å². The summed E-state index contributed by atoms with van der Waals surface area (Å²) in [6, 6.07) is 10.3. The van der Waals surface area contributed by atoms with Crippen LogP contribution in [0, 0.1) is 10.1 Å². The molecule has 0 aliphatic carbocycles. The maximum absolute atomic E-state index is 12.5. The van der Waals surface area contributed by atoms with Crippen LogP contribution < -0.4 is 0 Å². The van der Waals surface area contributed by atoms with Crippen LogP contribution >= 0.6 is 0 Å². The molecule has 0 radical (unpaired) electrons. The molecule has 0 aliphatic heterocycles. The van der Waals surface area contributed by atoms with Crippen LogP contribution in [0.5, 0.6) is 5.88 Å². The highest BCUT2D eigenvalue weighted by atomic mass is 32.2. The molecule has 0 unspecified atom stereocenters. The average Bonchev–Trinajstić information content (AvgIpc) is 2.96. The van der Waals surface area contributed by atoms with E-state index in [0.717, 1.165) is 4.31 Å². The SMILES string of the molecule is CCn1c(O)c(N=Nc2ccccc2[N+](=O)[O-])c2cc(S(=O)(=O)N(C)C)ccc21. The minimum absolute atomic E-state index is 0.0198. The van der Waals surface area contributed by atoms with Gasteiger partial charge < -0.3 is 9.67 Å². The summed E-state index contributed by atoms with van der Waals surface area (Å²) in [6.45, 7) is 2.22. The van der Waals surface area contributed by atoms with Crippen molar-refractivity contribution in [1.82, 2.24) is 8.87 Å². The number of nitro benzene ring substituents is 1. The van der Waals surface area contributed by atoms with Gasteiger partial charge in [0.25, 0.3) is 5.69 Å². The number of aromatic hydroxyl groups is 1. The molecule has 11 heteroatoms. The van der Waals surface area contributed by atoms with E-state index in [1.54, 1.807) is 16.7 Å². The molecule has 29 heavy (non-hydrogen) atoms. The van der Waals surface area contributed by atoms with Gasteiger partial charge in [-0.2, -0.15) is 0 Å². The number of aryl methyl sites for hydroxylation is 1. The molecule has 0 amide bonds. The summed E-state index contributed by atoms with van der Waals surface area (Å²) >= 11 is 0. The van der Waals surface area contributed by atoms with Crippen molar-refractivity contribution < 1.29 is 18.4 Å². The van der Waals surface area contributed by atoms with Gasteiger partial charge in [0.2, 0.25) is 15.9 Å². The Labute approximate surface area is 166 Å². The first-order valence-electron chi connectivity index (χ1n) is 8.61. The van der Waals surface area contributed by atoms with E-state index >= 15 is 0 Å². The molecule has 0 atom stereocenters. The number of fused-ring (bicyclic) bond motifs is 1. The van der Waals surface area contributed by atoms with E-state index in [1.807, 2.05) is 6.92 Å². The molecular formula is C18H19N5O5S. The second-order valence-corrected chi connectivity index (χ2v) is 8.48. The summed E-state index contributed by atoms with van der Waals surface area (Å²) < 4.78 is 27.6. The number of hydrogen-bond donors (Lipinski definition) is 1. The van der Waals surface area contributed by atoms with Crippen LogP contribution in [-0.2, 0) is 16.6 Å². The van der Waals surface area contributed by atoms with Gasteiger partial charge in [0.05, 0.1) is 15.3 Å². The smallest absolute Gasteiger partial charge is 0.296 e. The molecular weight excluding hydrogens is 398 g/mol. The first-order chi connectivity index (χ1) is 13.7. The number of nitrogens with zero attached hydrogens (tertiary/aromatic N) is 5. The first-order valence-corrected chi connectivity index (χ1v) is 10.1. The number of nitro groups is 1. The summed E-state index contributed by atoms with van der Waals surface area (Å²) in [5.74, 6) is -0.204. The molecule has 3 rings (SSSR count). The van der Waals surface area contributed by atoms with E-state index in [4.69, 9.17) is 0 Å². The van der Waals surface area contributed by atoms with Crippen LogP contribution in [0.25, 0.3) is 10.9 Å². The summed E-state index contributed by atoms with van der Waals surface area (Å²) in [7, 11) is -0.860. The van der Waals surface area contributed by atoms with Crippen molar-refractivity contribution in [2.45, 2.75) is 18.4 Å². The monoisotopic (exact) mass is 417 g/mol. The zero-order valence-corrected chi connectivity index (χ0v) is 16.8. The molecule has 0 saturated carbocycles. The van der Waals surface area contributed by atoms with Crippen molar-refractivity contribution in [3.63, 3.8) is 0 Å². The van der Waals surface area contributed by atoms with E-state index in [0.29, 0.717) is 17.4 Å². The zero-order chi connectivity index (χ0) is 21.3. The Kier molecular flexibility index (Phi) is 5.36. The molecule has 0 fully saturated rings. The normalized spacial score (nSPS) is 12.3. The maximum Gasteiger partial charge on any atom is 0.296 e. The molecule has 10 nitrogen and oxygen atoms in total. The fourth-order valence-electron chi connectivity index (χ4n) is 2.90. The minimum atomic E-state index is -3.70. The quantitative estimate of drug-likeness (QED) is 0.369. The Morgan fingerprint density at radius 3 is 2.48 bits per heavy atom. The second kappa shape index (κ2) is 7.60. The number of rotatable bonds is 6. The highest BCUT2D eigenvalue weighted by Gasteiger charge is 2.22. The van der Waals surface area contributed by atoms with Gasteiger partial charge >= 0.3 is 0 Å². The Balaban J connectivity index is 2.22. The molecule has 0 aliphatic rings. The number of para-hydroxylation sites is 1. The third-order valence-corrected chi connectivity index (χ3v) is 6.22. The van der Waals surface area contributed by atoms with E-state index in [2.05, 4.69) is 10.2 Å². The van der Waals surface area contributed by atoms with Gasteiger partial charge in [0, 0.05) is 32.1 Å². The molecule has 0 spiro atoms. The van der Waals surface area contributed by atoms with Gasteiger partial charge in [0.1, 0.15) is 0 Å². The minimum Gasteiger partial charge on any atom is -0.493 e. The highest BCUT2D eigenvalue weighted by molar-refractivity contribution is 7.89. The van der Waals surface area contributed by atoms with Gasteiger partial charge in [-0.05, 0) is 31.2 Å². The van der Waals surface area contributed by atoms with E-state index < -0.39 is 14.9 Å². The molecule has 1 N–H and O–H groups in total. The lowest BCUT2D eigenvalue weighted by molar-refractivity contribution is -0.384. The molecule has 3 aromatic rings. The molecule has 152 valence electrons. The fraction of sp³-hybridized carbons (Fsp3) is 0.222. The van der Waals surface area contributed by atoms with E-state index in [1.165, 1.54) is 44.4 Å². The predicted molar refractivity (Wildman–Crippen MR) is 107 cm³/mol. The van der Waals surface area contributed by atoms with Crippen molar-refractivity contribution in [3.05, 3.63) is 52.6 Å². The summed E-state index contributed by atoms with van der Waals surface area (Å²) in [4.78, 5) is 10.6. The van der Waals surface area contributed by atoms with Crippen molar-refractivity contribution in [2.75, 3.05) is 14.1 Å². The van der Waals surface area contributed by atoms with Crippen molar-refractivity contribution in [3.8, 4) is 5.88 Å². The molecule has 1 aromatic heterocycles. The Bertz CT molecular complexity index is 1230. The highest BCUT2D eigenvalue weighted by Crippen LogP contribution is 2.41. The number of sulfonamides is 1. The van der Waals surface area contributed by atoms with Crippen LogP contribution in [0.15, 0.2) is 57.6 Å². The molecule has 1 heterocycles. The standard InChI is InChI=1S/C18H19N5O5S/c1-4-22-15-10-9-12(29(27,28)21(2)3)11-13(15)17(18(22)24)20-19-14-7-5-6-8-16(14)23(25)26/h5-11,24H,4H2,1-3H3. The summed E-state index contributed by atoms with van der Waals surface area (Å²) in [5, 5.41) is 30.1. The van der Waals surface area contributed by atoms with Crippen LogP contribution in [-0.4, -0.2) is 41.4 Å². The summed E-state index contributed by atoms with van der Waals surface area (Å²) in [5.41, 5.74) is 0.396. The third kappa shape index (κ3) is 3.57. The Hall–Kier alpha value is -3.31. The predicted octanol–water partition coefficient (Wildman–Crippen LogP) is 3.94. The lowest BCUT2D eigenvalue weighted by Gasteiger charge is -2.11. The Morgan fingerprint density at radius 2 is 1.86 bits per heavy atom. The lowest BCUT2D eigenvalue weighted by Crippen LogP contribution is -2.22. The largest absolute Gasteiger partial charge is 0.493 e. The van der Waals surface area contributed by atoms with Crippen LogP contribution in [0.3, 0.4) is 0 Å². The third-order valence-electron chi connectivity index (χ3n) is 4.41. The maximum atomic E-state index is 12.5. The topological polar surface area (TPSA) is 130 Å².